The lowest BCUT2D eigenvalue weighted by Crippen LogP contribution is -2.05. The van der Waals surface area contributed by atoms with E-state index in [9.17, 15) is 20.0 Å². The van der Waals surface area contributed by atoms with Crippen molar-refractivity contribution in [1.82, 2.24) is 9.97 Å². The summed E-state index contributed by atoms with van der Waals surface area (Å²) in [6, 6.07) is 3.57. The smallest absolute Gasteiger partial charge is 0.339 e. The average Bonchev–Trinajstić information content (AvgIpc) is 3.02. The van der Waals surface area contributed by atoms with E-state index in [1.54, 1.807) is 12.3 Å². The van der Waals surface area contributed by atoms with Gasteiger partial charge in [-0.1, -0.05) is 0 Å². The Bertz CT molecular complexity index is 972. The van der Waals surface area contributed by atoms with Crippen LogP contribution in [-0.4, -0.2) is 32.6 Å². The standard InChI is InChI=1S/C15H12N4O5S/c1-2-24-15(21)9-6-25-14-12(9)13(16-7-17-14)18-10-5-8(19(22)23)3-4-11(10)20/h3-7,20H,2H2,1H3,(H,16,17,18). The fourth-order valence-corrected chi connectivity index (χ4v) is 3.07. The van der Waals surface area contributed by atoms with Crippen LogP contribution in [0.1, 0.15) is 17.3 Å². The van der Waals surface area contributed by atoms with E-state index in [0.717, 1.165) is 0 Å². The number of fused-ring (bicyclic) bond motifs is 1. The van der Waals surface area contributed by atoms with Crippen molar-refractivity contribution in [2.75, 3.05) is 11.9 Å². The van der Waals surface area contributed by atoms with Gasteiger partial charge in [0.05, 0.1) is 28.2 Å². The van der Waals surface area contributed by atoms with Gasteiger partial charge in [0.15, 0.2) is 0 Å². The highest BCUT2D eigenvalue weighted by molar-refractivity contribution is 7.17. The zero-order valence-electron chi connectivity index (χ0n) is 12.9. The molecule has 0 saturated carbocycles. The van der Waals surface area contributed by atoms with Crippen LogP contribution in [0.3, 0.4) is 0 Å². The Kier molecular flexibility index (Phi) is 4.44. The molecule has 2 heterocycles. The maximum absolute atomic E-state index is 12.1. The first-order chi connectivity index (χ1) is 12.0. The highest BCUT2D eigenvalue weighted by Crippen LogP contribution is 2.35. The Morgan fingerprint density at radius 1 is 1.44 bits per heavy atom. The van der Waals surface area contributed by atoms with E-state index in [1.807, 2.05) is 0 Å². The van der Waals surface area contributed by atoms with Gasteiger partial charge in [-0.3, -0.25) is 10.1 Å². The van der Waals surface area contributed by atoms with Crippen molar-refractivity contribution in [2.45, 2.75) is 6.92 Å². The number of nitro groups is 1. The molecule has 2 N–H and O–H groups in total. The van der Waals surface area contributed by atoms with Crippen LogP contribution < -0.4 is 5.32 Å². The average molecular weight is 360 g/mol. The van der Waals surface area contributed by atoms with Gasteiger partial charge in [0.25, 0.3) is 5.69 Å². The number of thiophene rings is 1. The predicted octanol–water partition coefficient (Wildman–Crippen LogP) is 3.23. The second kappa shape index (κ2) is 6.69. The number of nitrogens with one attached hydrogen (secondary N) is 1. The number of esters is 1. The number of anilines is 2. The molecule has 2 aromatic heterocycles. The van der Waals surface area contributed by atoms with Gasteiger partial charge in [0.2, 0.25) is 0 Å². The van der Waals surface area contributed by atoms with E-state index in [-0.39, 0.29) is 35.1 Å². The van der Waals surface area contributed by atoms with E-state index in [4.69, 9.17) is 4.74 Å². The zero-order chi connectivity index (χ0) is 18.0. The van der Waals surface area contributed by atoms with Crippen LogP contribution in [-0.2, 0) is 4.74 Å². The van der Waals surface area contributed by atoms with E-state index < -0.39 is 10.9 Å². The lowest BCUT2D eigenvalue weighted by molar-refractivity contribution is -0.384. The Labute approximate surface area is 145 Å². The normalized spacial score (nSPS) is 10.6. The highest BCUT2D eigenvalue weighted by atomic mass is 32.1. The molecule has 25 heavy (non-hydrogen) atoms. The monoisotopic (exact) mass is 360 g/mol. The van der Waals surface area contributed by atoms with Gasteiger partial charge in [0.1, 0.15) is 22.7 Å². The molecule has 0 unspecified atom stereocenters. The molecule has 0 aliphatic rings. The van der Waals surface area contributed by atoms with Gasteiger partial charge < -0.3 is 15.2 Å². The van der Waals surface area contributed by atoms with Crippen molar-refractivity contribution in [1.29, 1.82) is 0 Å². The Hall–Kier alpha value is -3.27. The predicted molar refractivity (Wildman–Crippen MR) is 91.4 cm³/mol. The van der Waals surface area contributed by atoms with Crippen LogP contribution in [0, 0.1) is 10.1 Å². The van der Waals surface area contributed by atoms with Crippen molar-refractivity contribution >= 4 is 44.7 Å². The Morgan fingerprint density at radius 2 is 2.24 bits per heavy atom. The summed E-state index contributed by atoms with van der Waals surface area (Å²) >= 11 is 1.24. The summed E-state index contributed by atoms with van der Waals surface area (Å²) in [4.78, 5) is 31.2. The summed E-state index contributed by atoms with van der Waals surface area (Å²) in [6.45, 7) is 1.92. The third-order valence-corrected chi connectivity index (χ3v) is 4.20. The molecule has 3 aromatic rings. The number of carbonyl (C=O) groups excluding carboxylic acids is 1. The minimum Gasteiger partial charge on any atom is -0.506 e. The van der Waals surface area contributed by atoms with Gasteiger partial charge >= 0.3 is 5.97 Å². The Morgan fingerprint density at radius 3 is 2.96 bits per heavy atom. The number of nitro benzene ring substituents is 1. The van der Waals surface area contributed by atoms with E-state index in [1.165, 1.54) is 35.9 Å². The van der Waals surface area contributed by atoms with Crippen molar-refractivity contribution in [2.24, 2.45) is 0 Å². The molecule has 0 amide bonds. The van der Waals surface area contributed by atoms with Crippen molar-refractivity contribution in [3.05, 3.63) is 45.6 Å². The molecule has 0 atom stereocenters. The summed E-state index contributed by atoms with van der Waals surface area (Å²) in [5.41, 5.74) is 0.187. The Balaban J connectivity index is 2.08. The number of aromatic nitrogens is 2. The van der Waals surface area contributed by atoms with E-state index in [0.29, 0.717) is 10.2 Å². The quantitative estimate of drug-likeness (QED) is 0.307. The van der Waals surface area contributed by atoms with Crippen LogP contribution in [0.25, 0.3) is 10.2 Å². The summed E-state index contributed by atoms with van der Waals surface area (Å²) in [5.74, 6) is -0.467. The van der Waals surface area contributed by atoms with E-state index >= 15 is 0 Å². The number of benzene rings is 1. The minimum atomic E-state index is -0.575. The first kappa shape index (κ1) is 16.6. The third kappa shape index (κ3) is 3.19. The molecular weight excluding hydrogens is 348 g/mol. The van der Waals surface area contributed by atoms with Crippen LogP contribution >= 0.6 is 11.3 Å². The maximum Gasteiger partial charge on any atom is 0.339 e. The zero-order valence-corrected chi connectivity index (χ0v) is 13.7. The maximum atomic E-state index is 12.1. The molecule has 0 bridgehead atoms. The number of phenolic OH excluding ortho intramolecular Hbond substituents is 1. The molecule has 0 aliphatic carbocycles. The number of hydrogen-bond donors (Lipinski definition) is 2. The third-order valence-electron chi connectivity index (χ3n) is 3.31. The number of carbonyl (C=O) groups is 1. The van der Waals surface area contributed by atoms with E-state index in [2.05, 4.69) is 15.3 Å². The number of phenols is 1. The molecule has 9 nitrogen and oxygen atoms in total. The van der Waals surface area contributed by atoms with Gasteiger partial charge in [-0.2, -0.15) is 0 Å². The second-order valence-electron chi connectivity index (χ2n) is 4.86. The minimum absolute atomic E-state index is 0.0928. The van der Waals surface area contributed by atoms with Crippen molar-refractivity contribution < 1.29 is 19.6 Å². The summed E-state index contributed by atoms with van der Waals surface area (Å²) in [7, 11) is 0. The first-order valence-corrected chi connectivity index (χ1v) is 8.03. The molecule has 0 radical (unpaired) electrons. The highest BCUT2D eigenvalue weighted by Gasteiger charge is 2.19. The largest absolute Gasteiger partial charge is 0.506 e. The number of aromatic hydroxyl groups is 1. The lowest BCUT2D eigenvalue weighted by atomic mass is 10.2. The molecule has 0 spiro atoms. The summed E-state index contributed by atoms with van der Waals surface area (Å²) in [6.07, 6.45) is 1.30. The van der Waals surface area contributed by atoms with Crippen LogP contribution in [0.2, 0.25) is 0 Å². The molecule has 0 aliphatic heterocycles. The molecular formula is C15H12N4O5S. The molecule has 1 aromatic carbocycles. The molecule has 128 valence electrons. The topological polar surface area (TPSA) is 127 Å². The molecule has 3 rings (SSSR count). The number of ether oxygens (including phenoxy) is 1. The summed E-state index contributed by atoms with van der Waals surface area (Å²) in [5, 5.41) is 25.7. The van der Waals surface area contributed by atoms with Gasteiger partial charge in [0, 0.05) is 17.5 Å². The van der Waals surface area contributed by atoms with Crippen LogP contribution in [0.4, 0.5) is 17.2 Å². The number of nitrogens with zero attached hydrogens (tertiary/aromatic N) is 3. The van der Waals surface area contributed by atoms with Crippen LogP contribution in [0.5, 0.6) is 5.75 Å². The fraction of sp³-hybridized carbons (Fsp3) is 0.133. The summed E-state index contributed by atoms with van der Waals surface area (Å²) < 4.78 is 5.02. The number of hydrogen-bond acceptors (Lipinski definition) is 9. The molecule has 0 fully saturated rings. The first-order valence-electron chi connectivity index (χ1n) is 7.15. The van der Waals surface area contributed by atoms with Crippen LogP contribution in [0.15, 0.2) is 29.9 Å². The van der Waals surface area contributed by atoms with Gasteiger partial charge in [-0.25, -0.2) is 14.8 Å². The van der Waals surface area contributed by atoms with Gasteiger partial charge in [-0.05, 0) is 13.0 Å². The molecule has 10 heteroatoms. The second-order valence-corrected chi connectivity index (χ2v) is 5.71. The number of non-ortho nitro benzene ring substituents is 1. The SMILES string of the molecule is CCOC(=O)c1csc2ncnc(Nc3cc([N+](=O)[O-])ccc3O)c12. The van der Waals surface area contributed by atoms with Gasteiger partial charge in [-0.15, -0.1) is 11.3 Å². The number of rotatable bonds is 5. The van der Waals surface area contributed by atoms with Crippen molar-refractivity contribution in [3.8, 4) is 5.75 Å². The lowest BCUT2D eigenvalue weighted by Gasteiger charge is -2.09. The fourth-order valence-electron chi connectivity index (χ4n) is 2.19. The van der Waals surface area contributed by atoms with Crippen molar-refractivity contribution in [3.63, 3.8) is 0 Å². The molecule has 0 saturated heterocycles.